The number of nitrogens with zero attached hydrogens (tertiary/aromatic N) is 1. The zero-order valence-electron chi connectivity index (χ0n) is 8.80. The third kappa shape index (κ3) is 2.99. The quantitative estimate of drug-likeness (QED) is 0.806. The molecule has 1 saturated carbocycles. The molecule has 1 aromatic rings. The molecule has 16 heavy (non-hydrogen) atoms. The fourth-order valence-electron chi connectivity index (χ4n) is 1.18. The number of nitrogen functional groups attached to an aromatic ring is 1. The van der Waals surface area contributed by atoms with Crippen molar-refractivity contribution < 1.29 is 13.2 Å². The monoisotopic (exact) mass is 243 g/mol. The summed E-state index contributed by atoms with van der Waals surface area (Å²) in [6, 6.07) is 1.54. The number of aromatic nitrogens is 1. The molecule has 0 atom stereocenters. The van der Waals surface area contributed by atoms with Crippen molar-refractivity contribution in [2.75, 3.05) is 16.7 Å². The number of hydrogen-bond donors (Lipinski definition) is 2. The Morgan fingerprint density at radius 1 is 1.56 bits per heavy atom. The maximum absolute atomic E-state index is 11.1. The molecule has 0 amide bonds. The lowest BCUT2D eigenvalue weighted by Crippen LogP contribution is -2.12. The van der Waals surface area contributed by atoms with E-state index < -0.39 is 10.0 Å². The molecule has 1 heterocycles. The van der Waals surface area contributed by atoms with Gasteiger partial charge < -0.3 is 10.5 Å². The Kier molecular flexibility index (Phi) is 2.63. The van der Waals surface area contributed by atoms with Crippen molar-refractivity contribution in [3.8, 4) is 5.75 Å². The molecule has 1 fully saturated rings. The molecule has 1 aliphatic rings. The van der Waals surface area contributed by atoms with Crippen LogP contribution >= 0.6 is 0 Å². The summed E-state index contributed by atoms with van der Waals surface area (Å²) in [5.74, 6) is 0.663. The first-order chi connectivity index (χ1) is 7.44. The number of anilines is 2. The van der Waals surface area contributed by atoms with Gasteiger partial charge in [-0.25, -0.2) is 13.4 Å². The molecular formula is C9H13N3O3S. The molecule has 88 valence electrons. The first-order valence-electron chi connectivity index (χ1n) is 4.84. The molecule has 0 spiro atoms. The van der Waals surface area contributed by atoms with Crippen molar-refractivity contribution in [3.05, 3.63) is 12.3 Å². The normalized spacial score (nSPS) is 15.8. The van der Waals surface area contributed by atoms with Crippen LogP contribution in [0.15, 0.2) is 12.3 Å². The lowest BCUT2D eigenvalue weighted by Gasteiger charge is -2.09. The van der Waals surface area contributed by atoms with E-state index in [4.69, 9.17) is 10.5 Å². The average molecular weight is 243 g/mol. The highest BCUT2D eigenvalue weighted by molar-refractivity contribution is 7.92. The minimum atomic E-state index is -3.35. The van der Waals surface area contributed by atoms with E-state index >= 15 is 0 Å². The van der Waals surface area contributed by atoms with E-state index in [0.717, 1.165) is 19.1 Å². The van der Waals surface area contributed by atoms with Crippen molar-refractivity contribution in [1.29, 1.82) is 0 Å². The second-order valence-corrected chi connectivity index (χ2v) is 5.54. The molecule has 0 bridgehead atoms. The molecule has 0 aromatic carbocycles. The second kappa shape index (κ2) is 3.82. The predicted molar refractivity (Wildman–Crippen MR) is 60.8 cm³/mol. The van der Waals surface area contributed by atoms with Crippen molar-refractivity contribution >= 4 is 21.5 Å². The Morgan fingerprint density at radius 3 is 2.81 bits per heavy atom. The van der Waals surface area contributed by atoms with Crippen LogP contribution in [0.3, 0.4) is 0 Å². The van der Waals surface area contributed by atoms with Crippen molar-refractivity contribution in [2.45, 2.75) is 18.9 Å². The molecular weight excluding hydrogens is 230 g/mol. The number of ether oxygens (including phenoxy) is 1. The molecule has 0 radical (unpaired) electrons. The van der Waals surface area contributed by atoms with Gasteiger partial charge in [0.05, 0.1) is 24.2 Å². The van der Waals surface area contributed by atoms with Crippen LogP contribution in [-0.2, 0) is 10.0 Å². The third-order valence-corrected chi connectivity index (χ3v) is 2.61. The minimum Gasteiger partial charge on any atom is -0.489 e. The molecule has 0 unspecified atom stereocenters. The van der Waals surface area contributed by atoms with E-state index in [9.17, 15) is 8.42 Å². The summed E-state index contributed by atoms with van der Waals surface area (Å²) >= 11 is 0. The van der Waals surface area contributed by atoms with E-state index in [0.29, 0.717) is 5.75 Å². The van der Waals surface area contributed by atoms with E-state index in [-0.39, 0.29) is 17.6 Å². The smallest absolute Gasteiger partial charge is 0.229 e. The van der Waals surface area contributed by atoms with Gasteiger partial charge in [0.15, 0.2) is 0 Å². The summed E-state index contributed by atoms with van der Waals surface area (Å²) in [4.78, 5) is 3.87. The Morgan fingerprint density at radius 2 is 2.25 bits per heavy atom. The van der Waals surface area contributed by atoms with Crippen LogP contribution in [0.5, 0.6) is 5.75 Å². The standard InChI is InChI=1S/C9H13N3O3S/c1-16(13,14)12-8-4-7(5-11-9(8)10)15-6-2-3-6/h4-6,12H,2-3H2,1H3,(H2,10,11). The van der Waals surface area contributed by atoms with Crippen LogP contribution in [0.2, 0.25) is 0 Å². The lowest BCUT2D eigenvalue weighted by atomic mass is 10.4. The Balaban J connectivity index is 2.21. The first kappa shape index (κ1) is 11.0. The average Bonchev–Trinajstić information content (AvgIpc) is 2.92. The third-order valence-electron chi connectivity index (χ3n) is 2.02. The number of hydrogen-bond acceptors (Lipinski definition) is 5. The second-order valence-electron chi connectivity index (χ2n) is 3.80. The number of rotatable bonds is 4. The van der Waals surface area contributed by atoms with E-state index in [1.165, 1.54) is 6.20 Å². The number of sulfonamides is 1. The summed E-state index contributed by atoms with van der Waals surface area (Å²) in [6.07, 6.45) is 4.83. The van der Waals surface area contributed by atoms with Crippen LogP contribution in [0.25, 0.3) is 0 Å². The summed E-state index contributed by atoms with van der Waals surface area (Å²) < 4.78 is 29.9. The fraction of sp³-hybridized carbons (Fsp3) is 0.444. The molecule has 1 aliphatic carbocycles. The topological polar surface area (TPSA) is 94.3 Å². The molecule has 0 saturated heterocycles. The van der Waals surface area contributed by atoms with Crippen LogP contribution in [-0.4, -0.2) is 25.8 Å². The highest BCUT2D eigenvalue weighted by Crippen LogP contribution is 2.29. The van der Waals surface area contributed by atoms with Crippen LogP contribution in [0, 0.1) is 0 Å². The van der Waals surface area contributed by atoms with Crippen LogP contribution in [0.4, 0.5) is 11.5 Å². The zero-order chi connectivity index (χ0) is 11.8. The van der Waals surface area contributed by atoms with E-state index in [1.54, 1.807) is 6.07 Å². The van der Waals surface area contributed by atoms with Gasteiger partial charge in [-0.3, -0.25) is 4.72 Å². The molecule has 1 aromatic heterocycles. The van der Waals surface area contributed by atoms with E-state index in [2.05, 4.69) is 9.71 Å². The van der Waals surface area contributed by atoms with Gasteiger partial charge >= 0.3 is 0 Å². The molecule has 3 N–H and O–H groups in total. The maximum Gasteiger partial charge on any atom is 0.229 e. The summed E-state index contributed by atoms with van der Waals surface area (Å²) in [5, 5.41) is 0. The summed E-state index contributed by atoms with van der Waals surface area (Å²) in [6.45, 7) is 0. The number of nitrogens with two attached hydrogens (primary N) is 1. The Labute approximate surface area is 93.9 Å². The zero-order valence-corrected chi connectivity index (χ0v) is 9.62. The molecule has 2 rings (SSSR count). The van der Waals surface area contributed by atoms with Crippen LogP contribution in [0.1, 0.15) is 12.8 Å². The van der Waals surface area contributed by atoms with Gasteiger partial charge in [0.2, 0.25) is 10.0 Å². The number of nitrogens with one attached hydrogen (secondary N) is 1. The van der Waals surface area contributed by atoms with Gasteiger partial charge in [0.1, 0.15) is 11.6 Å². The molecule has 6 nitrogen and oxygen atoms in total. The summed E-state index contributed by atoms with van der Waals surface area (Å²) in [7, 11) is -3.35. The first-order valence-corrected chi connectivity index (χ1v) is 6.73. The van der Waals surface area contributed by atoms with Gasteiger partial charge in [-0.05, 0) is 12.8 Å². The van der Waals surface area contributed by atoms with Gasteiger partial charge in [0, 0.05) is 6.07 Å². The van der Waals surface area contributed by atoms with Crippen molar-refractivity contribution in [2.24, 2.45) is 0 Å². The Bertz CT molecular complexity index is 497. The van der Waals surface area contributed by atoms with Crippen LogP contribution < -0.4 is 15.2 Å². The van der Waals surface area contributed by atoms with Gasteiger partial charge in [-0.2, -0.15) is 0 Å². The predicted octanol–water partition coefficient (Wildman–Crippen LogP) is 0.576. The van der Waals surface area contributed by atoms with Crippen molar-refractivity contribution in [3.63, 3.8) is 0 Å². The van der Waals surface area contributed by atoms with Crippen molar-refractivity contribution in [1.82, 2.24) is 4.98 Å². The lowest BCUT2D eigenvalue weighted by molar-refractivity contribution is 0.302. The Hall–Kier alpha value is -1.50. The maximum atomic E-state index is 11.1. The van der Waals surface area contributed by atoms with E-state index in [1.807, 2.05) is 0 Å². The summed E-state index contributed by atoms with van der Waals surface area (Å²) in [5.41, 5.74) is 5.80. The SMILES string of the molecule is CS(=O)(=O)Nc1cc(OC2CC2)cnc1N. The van der Waals surface area contributed by atoms with Gasteiger partial charge in [-0.15, -0.1) is 0 Å². The van der Waals surface area contributed by atoms with Gasteiger partial charge in [-0.1, -0.05) is 0 Å². The largest absolute Gasteiger partial charge is 0.489 e. The molecule has 0 aliphatic heterocycles. The highest BCUT2D eigenvalue weighted by Gasteiger charge is 2.24. The minimum absolute atomic E-state index is 0.133. The number of pyridine rings is 1. The molecule has 7 heteroatoms. The fourth-order valence-corrected chi connectivity index (χ4v) is 1.74. The van der Waals surface area contributed by atoms with Gasteiger partial charge in [0.25, 0.3) is 0 Å². The highest BCUT2D eigenvalue weighted by atomic mass is 32.2.